The monoisotopic (exact) mass is 423 g/mol. The number of nitrogens with one attached hydrogen (secondary N) is 2. The third-order valence-electron chi connectivity index (χ3n) is 5.52. The topological polar surface area (TPSA) is 89.1 Å². The van der Waals surface area contributed by atoms with Gasteiger partial charge >= 0.3 is 0 Å². The minimum Gasteiger partial charge on any atom is -0.317 e. The van der Waals surface area contributed by atoms with E-state index in [4.69, 9.17) is 16.7 Å². The SMILES string of the molecule is O=C(Nc1cc(C2CCNCC2)nn1C1=CCC(Cl)C=C1)c1cnn2cccnc12. The second kappa shape index (κ2) is 8.04. The maximum atomic E-state index is 13.0. The highest BCUT2D eigenvalue weighted by Crippen LogP contribution is 2.30. The molecule has 0 aromatic carbocycles. The van der Waals surface area contributed by atoms with Gasteiger partial charge in [0.2, 0.25) is 0 Å². The van der Waals surface area contributed by atoms with Gasteiger partial charge in [0.25, 0.3) is 5.91 Å². The third-order valence-corrected chi connectivity index (χ3v) is 5.85. The van der Waals surface area contributed by atoms with Crippen LogP contribution < -0.4 is 10.6 Å². The molecule has 0 spiro atoms. The van der Waals surface area contributed by atoms with E-state index in [1.54, 1.807) is 27.7 Å². The lowest BCUT2D eigenvalue weighted by atomic mass is 9.95. The number of alkyl halides is 1. The van der Waals surface area contributed by atoms with Gasteiger partial charge in [-0.2, -0.15) is 10.2 Å². The van der Waals surface area contributed by atoms with Crippen LogP contribution in [-0.2, 0) is 0 Å². The van der Waals surface area contributed by atoms with Crippen LogP contribution in [0.1, 0.15) is 41.2 Å². The van der Waals surface area contributed by atoms with Crippen LogP contribution in [0.25, 0.3) is 11.3 Å². The molecule has 1 atom stereocenters. The van der Waals surface area contributed by atoms with Crippen LogP contribution >= 0.6 is 11.6 Å². The average Bonchev–Trinajstić information content (AvgIpc) is 3.39. The van der Waals surface area contributed by atoms with E-state index in [-0.39, 0.29) is 11.3 Å². The number of allylic oxidation sites excluding steroid dienone is 4. The first kappa shape index (κ1) is 19.0. The summed E-state index contributed by atoms with van der Waals surface area (Å²) in [4.78, 5) is 17.3. The summed E-state index contributed by atoms with van der Waals surface area (Å²) in [5, 5.41) is 15.4. The summed E-state index contributed by atoms with van der Waals surface area (Å²) in [5.41, 5.74) is 2.83. The van der Waals surface area contributed by atoms with Gasteiger partial charge in [0.05, 0.1) is 23.0 Å². The molecule has 154 valence electrons. The minimum absolute atomic E-state index is 0.0175. The number of hydrogen-bond acceptors (Lipinski definition) is 5. The minimum atomic E-state index is -0.266. The Hall–Kier alpha value is -2.97. The van der Waals surface area contributed by atoms with E-state index in [1.807, 2.05) is 24.3 Å². The van der Waals surface area contributed by atoms with Crippen molar-refractivity contribution >= 4 is 34.7 Å². The number of aromatic nitrogens is 5. The van der Waals surface area contributed by atoms with E-state index in [0.717, 1.165) is 43.7 Å². The third kappa shape index (κ3) is 3.64. The molecule has 3 aromatic rings. The van der Waals surface area contributed by atoms with E-state index in [9.17, 15) is 4.79 Å². The molecule has 3 aromatic heterocycles. The number of halogens is 1. The fourth-order valence-corrected chi connectivity index (χ4v) is 4.08. The van der Waals surface area contributed by atoms with Crippen molar-refractivity contribution in [1.82, 2.24) is 29.7 Å². The number of carbonyl (C=O) groups excluding carboxylic acids is 1. The zero-order valence-corrected chi connectivity index (χ0v) is 17.1. The smallest absolute Gasteiger partial charge is 0.262 e. The van der Waals surface area contributed by atoms with Crippen molar-refractivity contribution in [2.45, 2.75) is 30.6 Å². The number of nitrogens with zero attached hydrogens (tertiary/aromatic N) is 5. The zero-order chi connectivity index (χ0) is 20.5. The Morgan fingerprint density at radius 2 is 2.17 bits per heavy atom. The van der Waals surface area contributed by atoms with Crippen molar-refractivity contribution in [2.75, 3.05) is 18.4 Å². The van der Waals surface area contributed by atoms with Gasteiger partial charge < -0.3 is 10.6 Å². The average molecular weight is 424 g/mol. The van der Waals surface area contributed by atoms with Gasteiger partial charge in [0.15, 0.2) is 5.65 Å². The molecule has 4 heterocycles. The van der Waals surface area contributed by atoms with Crippen molar-refractivity contribution < 1.29 is 4.79 Å². The molecular weight excluding hydrogens is 402 g/mol. The van der Waals surface area contributed by atoms with E-state index in [1.165, 1.54) is 6.20 Å². The number of carbonyl (C=O) groups is 1. The maximum Gasteiger partial charge on any atom is 0.262 e. The Balaban J connectivity index is 1.48. The molecule has 9 heteroatoms. The van der Waals surface area contributed by atoms with Gasteiger partial charge in [0.1, 0.15) is 11.4 Å². The number of piperidine rings is 1. The van der Waals surface area contributed by atoms with Crippen LogP contribution in [0.5, 0.6) is 0 Å². The van der Waals surface area contributed by atoms with Crippen molar-refractivity contribution in [3.63, 3.8) is 0 Å². The molecule has 2 aliphatic rings. The molecule has 30 heavy (non-hydrogen) atoms. The first-order valence-corrected chi connectivity index (χ1v) is 10.6. The number of fused-ring (bicyclic) bond motifs is 1. The normalized spacial score (nSPS) is 19.8. The number of rotatable bonds is 4. The molecule has 1 unspecified atom stereocenters. The van der Waals surface area contributed by atoms with Gasteiger partial charge in [0, 0.05) is 24.4 Å². The summed E-state index contributed by atoms with van der Waals surface area (Å²) in [6.45, 7) is 1.95. The van der Waals surface area contributed by atoms with Crippen LogP contribution in [0.3, 0.4) is 0 Å². The number of amides is 1. The first-order chi connectivity index (χ1) is 14.7. The van der Waals surface area contributed by atoms with Gasteiger partial charge in [-0.05, 0) is 44.5 Å². The quantitative estimate of drug-likeness (QED) is 0.629. The fraction of sp³-hybridized carbons (Fsp3) is 0.333. The van der Waals surface area contributed by atoms with Gasteiger partial charge in [-0.1, -0.05) is 12.2 Å². The first-order valence-electron chi connectivity index (χ1n) is 10.1. The van der Waals surface area contributed by atoms with Crippen LogP contribution in [0.4, 0.5) is 5.82 Å². The van der Waals surface area contributed by atoms with Crippen molar-refractivity contribution in [1.29, 1.82) is 0 Å². The molecular formula is C21H22ClN7O. The standard InChI is InChI=1S/C21H22ClN7O/c22-15-2-4-16(5-3-15)29-19(12-18(27-29)14-6-9-23-10-7-14)26-21(30)17-13-25-28-11-1-8-24-20(17)28/h1-2,4-5,8,11-15,23H,3,6-7,9-10H2,(H,26,30). The summed E-state index contributed by atoms with van der Waals surface area (Å²) in [5.74, 6) is 0.737. The Labute approximate surface area is 178 Å². The van der Waals surface area contributed by atoms with Crippen molar-refractivity contribution in [3.05, 3.63) is 60.2 Å². The molecule has 1 aliphatic heterocycles. The second-order valence-electron chi connectivity index (χ2n) is 7.53. The van der Waals surface area contributed by atoms with Crippen molar-refractivity contribution in [3.8, 4) is 0 Å². The highest BCUT2D eigenvalue weighted by atomic mass is 35.5. The van der Waals surface area contributed by atoms with E-state index in [2.05, 4.69) is 20.7 Å². The Morgan fingerprint density at radius 1 is 1.30 bits per heavy atom. The molecule has 0 saturated carbocycles. The molecule has 1 aliphatic carbocycles. The molecule has 2 N–H and O–H groups in total. The summed E-state index contributed by atoms with van der Waals surface area (Å²) >= 11 is 6.19. The summed E-state index contributed by atoms with van der Waals surface area (Å²) < 4.78 is 3.38. The van der Waals surface area contributed by atoms with Gasteiger partial charge in [-0.25, -0.2) is 14.2 Å². The lowest BCUT2D eigenvalue weighted by molar-refractivity contribution is 0.102. The molecule has 5 rings (SSSR count). The highest BCUT2D eigenvalue weighted by molar-refractivity contribution is 6.22. The van der Waals surface area contributed by atoms with E-state index < -0.39 is 0 Å². The Bertz CT molecular complexity index is 1140. The fourth-order valence-electron chi connectivity index (χ4n) is 3.91. The van der Waals surface area contributed by atoms with Crippen LogP contribution in [0, 0.1) is 0 Å². The summed E-state index contributed by atoms with van der Waals surface area (Å²) in [6.07, 6.45) is 13.7. The van der Waals surface area contributed by atoms with E-state index in [0.29, 0.717) is 22.9 Å². The van der Waals surface area contributed by atoms with Gasteiger partial charge in [-0.3, -0.25) is 4.79 Å². The Kier molecular flexibility index (Phi) is 5.10. The number of anilines is 1. The molecule has 1 fully saturated rings. The second-order valence-corrected chi connectivity index (χ2v) is 8.09. The highest BCUT2D eigenvalue weighted by Gasteiger charge is 2.23. The molecule has 0 bridgehead atoms. The van der Waals surface area contributed by atoms with Gasteiger partial charge in [-0.15, -0.1) is 11.6 Å². The summed E-state index contributed by atoms with van der Waals surface area (Å²) in [7, 11) is 0. The molecule has 0 radical (unpaired) electrons. The predicted octanol–water partition coefficient (Wildman–Crippen LogP) is 3.05. The van der Waals surface area contributed by atoms with Crippen LogP contribution in [0.2, 0.25) is 0 Å². The van der Waals surface area contributed by atoms with Crippen LogP contribution in [0.15, 0.2) is 49.0 Å². The predicted molar refractivity (Wildman–Crippen MR) is 116 cm³/mol. The Morgan fingerprint density at radius 3 is 2.97 bits per heavy atom. The van der Waals surface area contributed by atoms with Crippen molar-refractivity contribution in [2.24, 2.45) is 0 Å². The lowest BCUT2D eigenvalue weighted by Crippen LogP contribution is -2.26. The molecule has 1 amide bonds. The van der Waals surface area contributed by atoms with Crippen LogP contribution in [-0.4, -0.2) is 48.8 Å². The maximum absolute atomic E-state index is 13.0. The lowest BCUT2D eigenvalue weighted by Gasteiger charge is -2.20. The largest absolute Gasteiger partial charge is 0.317 e. The zero-order valence-electron chi connectivity index (χ0n) is 16.3. The number of hydrogen-bond donors (Lipinski definition) is 2. The molecule has 8 nitrogen and oxygen atoms in total. The molecule has 1 saturated heterocycles. The van der Waals surface area contributed by atoms with E-state index >= 15 is 0 Å². The summed E-state index contributed by atoms with van der Waals surface area (Å²) in [6, 6.07) is 3.75.